The average molecular weight is 423 g/mol. The minimum atomic E-state index is -0.180. The maximum atomic E-state index is 12.8. The van der Waals surface area contributed by atoms with E-state index >= 15 is 0 Å². The van der Waals surface area contributed by atoms with E-state index in [2.05, 4.69) is 29.0 Å². The number of amides is 2. The number of anilines is 2. The summed E-state index contributed by atoms with van der Waals surface area (Å²) in [5.74, 6) is 1.31. The molecule has 0 aliphatic carbocycles. The molecule has 31 heavy (non-hydrogen) atoms. The molecule has 1 N–H and O–H groups in total. The Morgan fingerprint density at radius 2 is 1.81 bits per heavy atom. The zero-order valence-electron chi connectivity index (χ0n) is 18.9. The van der Waals surface area contributed by atoms with Crippen molar-refractivity contribution in [2.75, 3.05) is 36.4 Å². The van der Waals surface area contributed by atoms with Crippen molar-refractivity contribution in [2.24, 2.45) is 5.92 Å². The van der Waals surface area contributed by atoms with Crippen molar-refractivity contribution in [1.29, 1.82) is 0 Å². The van der Waals surface area contributed by atoms with E-state index in [-0.39, 0.29) is 17.7 Å². The molecule has 1 unspecified atom stereocenters. The maximum absolute atomic E-state index is 12.8. The van der Waals surface area contributed by atoms with Gasteiger partial charge in [-0.25, -0.2) is 4.98 Å². The monoisotopic (exact) mass is 422 g/mol. The first kappa shape index (κ1) is 22.8. The smallest absolute Gasteiger partial charge is 0.231 e. The Morgan fingerprint density at radius 3 is 2.45 bits per heavy atom. The predicted molar refractivity (Wildman–Crippen MR) is 125 cm³/mol. The van der Waals surface area contributed by atoms with Crippen LogP contribution in [0.25, 0.3) is 0 Å². The summed E-state index contributed by atoms with van der Waals surface area (Å²) in [7, 11) is 0. The van der Waals surface area contributed by atoms with Crippen LogP contribution < -0.4 is 10.2 Å². The molecule has 166 valence electrons. The Labute approximate surface area is 185 Å². The third-order valence-electron chi connectivity index (χ3n) is 5.70. The van der Waals surface area contributed by atoms with Crippen LogP contribution in [0.2, 0.25) is 0 Å². The molecule has 0 radical (unpaired) electrons. The lowest BCUT2D eigenvalue weighted by atomic mass is 9.95. The zero-order valence-corrected chi connectivity index (χ0v) is 18.9. The van der Waals surface area contributed by atoms with Crippen LogP contribution in [0.1, 0.15) is 51.5 Å². The van der Waals surface area contributed by atoms with Crippen molar-refractivity contribution in [2.45, 2.75) is 46.0 Å². The van der Waals surface area contributed by atoms with Crippen LogP contribution in [0.4, 0.5) is 11.5 Å². The molecule has 0 spiro atoms. The fourth-order valence-corrected chi connectivity index (χ4v) is 4.01. The standard InChI is InChI=1S/C25H34N4O2/c1-4-22(20-9-6-5-7-10-20)25(31)27-21-11-12-23(26-18-21)28-13-8-14-29(16-15-28)24(30)17-19(2)3/h5-7,9-12,18-19,22H,4,8,13-17H2,1-3H3,(H,27,31). The van der Waals surface area contributed by atoms with Crippen molar-refractivity contribution < 1.29 is 9.59 Å². The van der Waals surface area contributed by atoms with Gasteiger partial charge in [-0.2, -0.15) is 0 Å². The lowest BCUT2D eigenvalue weighted by Gasteiger charge is -2.23. The van der Waals surface area contributed by atoms with Gasteiger partial charge in [0.25, 0.3) is 0 Å². The van der Waals surface area contributed by atoms with E-state index in [4.69, 9.17) is 0 Å². The molecule has 6 nitrogen and oxygen atoms in total. The number of pyridine rings is 1. The molecule has 0 saturated carbocycles. The topological polar surface area (TPSA) is 65.5 Å². The summed E-state index contributed by atoms with van der Waals surface area (Å²) < 4.78 is 0. The second-order valence-corrected chi connectivity index (χ2v) is 8.59. The minimum absolute atomic E-state index is 0.0164. The number of benzene rings is 1. The van der Waals surface area contributed by atoms with Crippen LogP contribution in [0.5, 0.6) is 0 Å². The fourth-order valence-electron chi connectivity index (χ4n) is 4.01. The van der Waals surface area contributed by atoms with Crippen molar-refractivity contribution in [3.05, 3.63) is 54.2 Å². The summed E-state index contributed by atoms with van der Waals surface area (Å²) in [6.07, 6.45) is 3.99. The van der Waals surface area contributed by atoms with Gasteiger partial charge in [-0.1, -0.05) is 51.1 Å². The van der Waals surface area contributed by atoms with Gasteiger partial charge in [0.15, 0.2) is 0 Å². The van der Waals surface area contributed by atoms with Crippen molar-refractivity contribution >= 4 is 23.3 Å². The zero-order chi connectivity index (χ0) is 22.2. The molecular formula is C25H34N4O2. The van der Waals surface area contributed by atoms with Gasteiger partial charge in [-0.05, 0) is 36.5 Å². The quantitative estimate of drug-likeness (QED) is 0.723. The molecule has 1 saturated heterocycles. The Kier molecular flexibility index (Phi) is 8.04. The van der Waals surface area contributed by atoms with Crippen LogP contribution in [0.3, 0.4) is 0 Å². The highest BCUT2D eigenvalue weighted by Gasteiger charge is 2.21. The SMILES string of the molecule is CCC(C(=O)Nc1ccc(N2CCCN(C(=O)CC(C)C)CC2)nc1)c1ccccc1. The highest BCUT2D eigenvalue weighted by atomic mass is 16.2. The van der Waals surface area contributed by atoms with Gasteiger partial charge in [0.2, 0.25) is 11.8 Å². The molecule has 1 fully saturated rings. The number of carbonyl (C=O) groups is 2. The first-order valence-electron chi connectivity index (χ1n) is 11.3. The van der Waals surface area contributed by atoms with Gasteiger partial charge in [-0.15, -0.1) is 0 Å². The third-order valence-corrected chi connectivity index (χ3v) is 5.70. The van der Waals surface area contributed by atoms with E-state index < -0.39 is 0 Å². The van der Waals surface area contributed by atoms with Crippen LogP contribution in [0, 0.1) is 5.92 Å². The van der Waals surface area contributed by atoms with Crippen LogP contribution >= 0.6 is 0 Å². The molecule has 3 rings (SSSR count). The highest BCUT2D eigenvalue weighted by Crippen LogP contribution is 2.22. The first-order valence-corrected chi connectivity index (χ1v) is 11.3. The second-order valence-electron chi connectivity index (χ2n) is 8.59. The van der Waals surface area contributed by atoms with Gasteiger partial charge >= 0.3 is 0 Å². The van der Waals surface area contributed by atoms with Gasteiger partial charge in [-0.3, -0.25) is 9.59 Å². The molecule has 0 bridgehead atoms. The average Bonchev–Trinajstić information content (AvgIpc) is 3.02. The van der Waals surface area contributed by atoms with Crippen molar-refractivity contribution in [1.82, 2.24) is 9.88 Å². The number of aromatic nitrogens is 1. The summed E-state index contributed by atoms with van der Waals surface area (Å²) in [4.78, 5) is 33.9. The van der Waals surface area contributed by atoms with Crippen LogP contribution in [-0.2, 0) is 9.59 Å². The molecule has 1 aromatic carbocycles. The summed E-state index contributed by atoms with van der Waals surface area (Å²) in [5, 5.41) is 3.00. The highest BCUT2D eigenvalue weighted by molar-refractivity contribution is 5.95. The molecule has 2 amide bonds. The Hall–Kier alpha value is -2.89. The second kappa shape index (κ2) is 10.9. The third kappa shape index (κ3) is 6.29. The number of nitrogens with one attached hydrogen (secondary N) is 1. The normalized spacial score (nSPS) is 15.5. The number of rotatable bonds is 7. The Morgan fingerprint density at radius 1 is 1.03 bits per heavy atom. The molecule has 2 aromatic rings. The molecule has 6 heteroatoms. The van der Waals surface area contributed by atoms with E-state index in [9.17, 15) is 9.59 Å². The molecule has 1 aromatic heterocycles. The largest absolute Gasteiger partial charge is 0.355 e. The molecule has 1 aliphatic heterocycles. The van der Waals surface area contributed by atoms with Crippen LogP contribution in [-0.4, -0.2) is 47.9 Å². The van der Waals surface area contributed by atoms with Crippen LogP contribution in [0.15, 0.2) is 48.7 Å². The Balaban J connectivity index is 1.58. The van der Waals surface area contributed by atoms with Crippen molar-refractivity contribution in [3.63, 3.8) is 0 Å². The van der Waals surface area contributed by atoms with E-state index in [1.165, 1.54) is 0 Å². The molecule has 1 aliphatic rings. The number of hydrogen-bond donors (Lipinski definition) is 1. The molecule has 1 atom stereocenters. The maximum Gasteiger partial charge on any atom is 0.231 e. The van der Waals surface area contributed by atoms with Crippen molar-refractivity contribution in [3.8, 4) is 0 Å². The van der Waals surface area contributed by atoms with Gasteiger partial charge in [0, 0.05) is 32.6 Å². The van der Waals surface area contributed by atoms with E-state index in [1.807, 2.05) is 54.3 Å². The lowest BCUT2D eigenvalue weighted by Crippen LogP contribution is -2.35. The Bertz CT molecular complexity index is 852. The van der Waals surface area contributed by atoms with E-state index in [0.717, 1.165) is 50.4 Å². The van der Waals surface area contributed by atoms with Gasteiger partial charge < -0.3 is 15.1 Å². The summed E-state index contributed by atoms with van der Waals surface area (Å²) in [5.41, 5.74) is 1.72. The summed E-state index contributed by atoms with van der Waals surface area (Å²) in [6, 6.07) is 13.7. The predicted octanol–water partition coefficient (Wildman–Crippen LogP) is 4.30. The lowest BCUT2D eigenvalue weighted by molar-refractivity contribution is -0.131. The summed E-state index contributed by atoms with van der Waals surface area (Å²) >= 11 is 0. The van der Waals surface area contributed by atoms with Gasteiger partial charge in [0.1, 0.15) is 5.82 Å². The molecule has 2 heterocycles. The summed E-state index contributed by atoms with van der Waals surface area (Å²) in [6.45, 7) is 9.34. The number of nitrogens with zero attached hydrogens (tertiary/aromatic N) is 3. The number of carbonyl (C=O) groups excluding carboxylic acids is 2. The van der Waals surface area contributed by atoms with Gasteiger partial charge in [0.05, 0.1) is 17.8 Å². The van der Waals surface area contributed by atoms with E-state index in [0.29, 0.717) is 18.0 Å². The number of hydrogen-bond acceptors (Lipinski definition) is 4. The first-order chi connectivity index (χ1) is 15.0. The minimum Gasteiger partial charge on any atom is -0.355 e. The molecular weight excluding hydrogens is 388 g/mol. The van der Waals surface area contributed by atoms with E-state index in [1.54, 1.807) is 6.20 Å². The fraction of sp³-hybridized carbons (Fsp3) is 0.480.